The summed E-state index contributed by atoms with van der Waals surface area (Å²) in [5.74, 6) is 1.73. The lowest BCUT2D eigenvalue weighted by Crippen LogP contribution is -2.30. The van der Waals surface area contributed by atoms with E-state index in [0.717, 1.165) is 21.3 Å². The third-order valence-corrected chi connectivity index (χ3v) is 5.62. The highest BCUT2D eigenvalue weighted by Crippen LogP contribution is 2.35. The number of aliphatic hydroxyl groups is 1. The Balaban J connectivity index is 1.89. The summed E-state index contributed by atoms with van der Waals surface area (Å²) in [4.78, 5) is 22.4. The summed E-state index contributed by atoms with van der Waals surface area (Å²) < 4.78 is 10.8. The van der Waals surface area contributed by atoms with Crippen LogP contribution in [0.3, 0.4) is 0 Å². The standard InChI is InChI=1S/C20H24N4O4S/c1-11(25)8-22-19(26)17-12(2)15-18(23-10-24-20(15)29-17)21-9-13-6-5-7-14(27-3)16(13)28-4/h5-7,10-11,25H,8-9H2,1-4H3,(H,22,26)(H,21,23,24)/t11-/m0/s1. The van der Waals surface area contributed by atoms with Gasteiger partial charge < -0.3 is 25.2 Å². The highest BCUT2D eigenvalue weighted by Gasteiger charge is 2.20. The third kappa shape index (κ3) is 4.41. The Labute approximate surface area is 172 Å². The molecule has 0 spiro atoms. The summed E-state index contributed by atoms with van der Waals surface area (Å²) in [6.45, 7) is 4.15. The Morgan fingerprint density at radius 2 is 2.07 bits per heavy atom. The van der Waals surface area contributed by atoms with Crippen LogP contribution in [0.4, 0.5) is 5.82 Å². The van der Waals surface area contributed by atoms with Gasteiger partial charge in [0.1, 0.15) is 17.0 Å². The van der Waals surface area contributed by atoms with Crippen LogP contribution in [0.15, 0.2) is 24.5 Å². The number of aryl methyl sites for hydroxylation is 1. The molecule has 0 aliphatic rings. The Hall–Kier alpha value is -2.91. The number of carbonyl (C=O) groups excluding carboxylic acids is 1. The lowest BCUT2D eigenvalue weighted by Gasteiger charge is -2.13. The van der Waals surface area contributed by atoms with Crippen molar-refractivity contribution in [2.45, 2.75) is 26.5 Å². The van der Waals surface area contributed by atoms with E-state index >= 15 is 0 Å². The quantitative estimate of drug-likeness (QED) is 0.518. The molecule has 1 amide bonds. The first kappa shape index (κ1) is 20.8. The fraction of sp³-hybridized carbons (Fsp3) is 0.350. The van der Waals surface area contributed by atoms with Crippen LogP contribution in [0.5, 0.6) is 11.5 Å². The number of carbonyl (C=O) groups is 1. The molecule has 29 heavy (non-hydrogen) atoms. The molecule has 0 bridgehead atoms. The number of amides is 1. The summed E-state index contributed by atoms with van der Waals surface area (Å²) in [5, 5.41) is 16.3. The molecule has 3 rings (SSSR count). The minimum atomic E-state index is -0.608. The van der Waals surface area contributed by atoms with Crippen LogP contribution in [0, 0.1) is 6.92 Å². The topological polar surface area (TPSA) is 106 Å². The Kier molecular flexibility index (Phi) is 6.50. The van der Waals surface area contributed by atoms with Gasteiger partial charge in [-0.05, 0) is 25.5 Å². The van der Waals surface area contributed by atoms with Crippen molar-refractivity contribution in [2.24, 2.45) is 0 Å². The minimum Gasteiger partial charge on any atom is -0.493 e. The van der Waals surface area contributed by atoms with Crippen molar-refractivity contribution < 1.29 is 19.4 Å². The van der Waals surface area contributed by atoms with Crippen molar-refractivity contribution in [3.8, 4) is 11.5 Å². The van der Waals surface area contributed by atoms with Crippen molar-refractivity contribution >= 4 is 33.3 Å². The second-order valence-corrected chi connectivity index (χ2v) is 7.52. The molecule has 0 aliphatic heterocycles. The van der Waals surface area contributed by atoms with E-state index < -0.39 is 6.10 Å². The maximum Gasteiger partial charge on any atom is 0.261 e. The molecular weight excluding hydrogens is 392 g/mol. The van der Waals surface area contributed by atoms with Crippen molar-refractivity contribution in [1.82, 2.24) is 15.3 Å². The molecule has 0 saturated carbocycles. The number of aliphatic hydroxyl groups excluding tert-OH is 1. The number of rotatable bonds is 8. The molecule has 8 nitrogen and oxygen atoms in total. The van der Waals surface area contributed by atoms with E-state index in [1.54, 1.807) is 21.1 Å². The average molecular weight is 417 g/mol. The monoisotopic (exact) mass is 416 g/mol. The predicted octanol–water partition coefficient (Wildman–Crippen LogP) is 2.74. The first-order valence-corrected chi connectivity index (χ1v) is 9.92. The van der Waals surface area contributed by atoms with E-state index in [2.05, 4.69) is 20.6 Å². The maximum atomic E-state index is 12.5. The molecule has 0 unspecified atom stereocenters. The van der Waals surface area contributed by atoms with Crippen LogP contribution in [0.2, 0.25) is 0 Å². The number of ether oxygens (including phenoxy) is 2. The summed E-state index contributed by atoms with van der Waals surface area (Å²) in [6, 6.07) is 5.68. The number of benzene rings is 1. The first-order valence-electron chi connectivity index (χ1n) is 9.10. The normalized spacial score (nSPS) is 11.9. The van der Waals surface area contributed by atoms with Gasteiger partial charge in [-0.2, -0.15) is 0 Å². The van der Waals surface area contributed by atoms with Gasteiger partial charge in [-0.3, -0.25) is 4.79 Å². The van der Waals surface area contributed by atoms with Crippen LogP contribution >= 0.6 is 11.3 Å². The van der Waals surface area contributed by atoms with Crippen LogP contribution in [-0.4, -0.2) is 47.8 Å². The van der Waals surface area contributed by atoms with Gasteiger partial charge in [0.25, 0.3) is 5.91 Å². The highest BCUT2D eigenvalue weighted by atomic mass is 32.1. The van der Waals surface area contributed by atoms with Gasteiger partial charge in [0.2, 0.25) is 0 Å². The summed E-state index contributed by atoms with van der Waals surface area (Å²) in [7, 11) is 3.20. The minimum absolute atomic E-state index is 0.193. The molecule has 1 aromatic carbocycles. The second kappa shape index (κ2) is 9.06. The van der Waals surface area contributed by atoms with Crippen LogP contribution in [0.25, 0.3) is 10.2 Å². The molecule has 0 fully saturated rings. The molecular formula is C20H24N4O4S. The fourth-order valence-electron chi connectivity index (χ4n) is 3.01. The Bertz CT molecular complexity index is 1020. The van der Waals surface area contributed by atoms with Crippen molar-refractivity contribution in [3.63, 3.8) is 0 Å². The first-order chi connectivity index (χ1) is 14.0. The largest absolute Gasteiger partial charge is 0.493 e. The van der Waals surface area contributed by atoms with E-state index in [-0.39, 0.29) is 12.5 Å². The number of aromatic nitrogens is 2. The molecule has 0 radical (unpaired) electrons. The second-order valence-electron chi connectivity index (χ2n) is 6.52. The molecule has 2 heterocycles. The SMILES string of the molecule is COc1cccc(CNc2ncnc3sc(C(=O)NC[C@H](C)O)c(C)c23)c1OC. The molecule has 3 aromatic rings. The lowest BCUT2D eigenvalue weighted by atomic mass is 10.1. The van der Waals surface area contributed by atoms with E-state index in [1.165, 1.54) is 17.7 Å². The fourth-order valence-corrected chi connectivity index (χ4v) is 4.08. The molecule has 0 aliphatic carbocycles. The number of thiophene rings is 1. The van der Waals surface area contributed by atoms with E-state index in [1.807, 2.05) is 25.1 Å². The van der Waals surface area contributed by atoms with Gasteiger partial charge in [0.15, 0.2) is 11.5 Å². The van der Waals surface area contributed by atoms with Gasteiger partial charge in [0.05, 0.1) is 30.6 Å². The van der Waals surface area contributed by atoms with Crippen LogP contribution in [-0.2, 0) is 6.54 Å². The zero-order valence-electron chi connectivity index (χ0n) is 16.8. The lowest BCUT2D eigenvalue weighted by molar-refractivity contribution is 0.0927. The number of para-hydroxylation sites is 1. The zero-order valence-corrected chi connectivity index (χ0v) is 17.6. The van der Waals surface area contributed by atoms with E-state index in [9.17, 15) is 9.90 Å². The van der Waals surface area contributed by atoms with Crippen LogP contribution < -0.4 is 20.1 Å². The number of nitrogens with zero attached hydrogens (tertiary/aromatic N) is 2. The van der Waals surface area contributed by atoms with Crippen molar-refractivity contribution in [1.29, 1.82) is 0 Å². The van der Waals surface area contributed by atoms with Gasteiger partial charge in [-0.1, -0.05) is 12.1 Å². The number of hydrogen-bond acceptors (Lipinski definition) is 8. The molecule has 2 aromatic heterocycles. The summed E-state index contributed by atoms with van der Waals surface area (Å²) >= 11 is 1.30. The van der Waals surface area contributed by atoms with Gasteiger partial charge in [-0.15, -0.1) is 11.3 Å². The summed E-state index contributed by atoms with van der Waals surface area (Å²) in [6.07, 6.45) is 0.865. The number of hydrogen-bond donors (Lipinski definition) is 3. The van der Waals surface area contributed by atoms with Crippen molar-refractivity contribution in [3.05, 3.63) is 40.5 Å². The Morgan fingerprint density at radius 1 is 1.28 bits per heavy atom. The average Bonchev–Trinajstić information content (AvgIpc) is 3.07. The van der Waals surface area contributed by atoms with E-state index in [0.29, 0.717) is 28.7 Å². The van der Waals surface area contributed by atoms with Gasteiger partial charge in [0, 0.05) is 18.7 Å². The molecule has 0 saturated heterocycles. The van der Waals surface area contributed by atoms with Gasteiger partial charge >= 0.3 is 0 Å². The van der Waals surface area contributed by atoms with Crippen molar-refractivity contribution in [2.75, 3.05) is 26.1 Å². The van der Waals surface area contributed by atoms with Gasteiger partial charge in [-0.25, -0.2) is 9.97 Å². The number of anilines is 1. The smallest absolute Gasteiger partial charge is 0.261 e. The molecule has 1 atom stereocenters. The maximum absolute atomic E-state index is 12.5. The molecule has 3 N–H and O–H groups in total. The van der Waals surface area contributed by atoms with E-state index in [4.69, 9.17) is 9.47 Å². The number of methoxy groups -OCH3 is 2. The highest BCUT2D eigenvalue weighted by molar-refractivity contribution is 7.20. The zero-order chi connectivity index (χ0) is 21.0. The van der Waals surface area contributed by atoms with Crippen LogP contribution in [0.1, 0.15) is 27.7 Å². The summed E-state index contributed by atoms with van der Waals surface area (Å²) in [5.41, 5.74) is 1.72. The Morgan fingerprint density at radius 3 is 2.76 bits per heavy atom. The number of fused-ring (bicyclic) bond motifs is 1. The molecule has 154 valence electrons. The number of nitrogens with one attached hydrogen (secondary N) is 2. The third-order valence-electron chi connectivity index (χ3n) is 4.42. The molecule has 9 heteroatoms. The predicted molar refractivity (Wildman–Crippen MR) is 113 cm³/mol.